The van der Waals surface area contributed by atoms with Crippen molar-refractivity contribution >= 4 is 22.6 Å². The molecule has 0 aliphatic heterocycles. The summed E-state index contributed by atoms with van der Waals surface area (Å²) in [5.41, 5.74) is 1.51. The van der Waals surface area contributed by atoms with Crippen molar-refractivity contribution in [3.8, 4) is 0 Å². The summed E-state index contributed by atoms with van der Waals surface area (Å²) in [5, 5.41) is -0.234. The molecule has 2 aromatic rings. The average Bonchev–Trinajstić information content (AvgIpc) is 2.76. The SMILES string of the molecule is CC(Cl)c1nc2ccc(F)cc2n1CCOCCN(C)C. The molecule has 0 radical (unpaired) electrons. The van der Waals surface area contributed by atoms with Crippen molar-refractivity contribution in [3.05, 3.63) is 29.8 Å². The van der Waals surface area contributed by atoms with E-state index in [4.69, 9.17) is 16.3 Å². The smallest absolute Gasteiger partial charge is 0.127 e. The van der Waals surface area contributed by atoms with Gasteiger partial charge in [-0.25, -0.2) is 9.37 Å². The van der Waals surface area contributed by atoms with Crippen LogP contribution in [-0.4, -0.2) is 48.3 Å². The molecule has 1 unspecified atom stereocenters. The molecule has 0 saturated heterocycles. The second-order valence-corrected chi connectivity index (χ2v) is 5.94. The summed E-state index contributed by atoms with van der Waals surface area (Å²) in [6.45, 7) is 4.56. The quantitative estimate of drug-likeness (QED) is 0.581. The minimum atomic E-state index is -0.272. The number of rotatable bonds is 7. The van der Waals surface area contributed by atoms with Crippen LogP contribution >= 0.6 is 11.6 Å². The Morgan fingerprint density at radius 1 is 1.38 bits per heavy atom. The molecule has 1 aromatic heterocycles. The van der Waals surface area contributed by atoms with Crippen LogP contribution in [0.3, 0.4) is 0 Å². The third-order valence-corrected chi connectivity index (χ3v) is 3.43. The van der Waals surface area contributed by atoms with E-state index in [1.165, 1.54) is 12.1 Å². The Kier molecular flexibility index (Phi) is 5.56. The molecule has 1 heterocycles. The molecule has 0 spiro atoms. The van der Waals surface area contributed by atoms with Gasteiger partial charge >= 0.3 is 0 Å². The van der Waals surface area contributed by atoms with Crippen molar-refractivity contribution in [3.63, 3.8) is 0 Å². The largest absolute Gasteiger partial charge is 0.378 e. The highest BCUT2D eigenvalue weighted by Gasteiger charge is 2.15. The number of benzene rings is 1. The minimum Gasteiger partial charge on any atom is -0.378 e. The van der Waals surface area contributed by atoms with Gasteiger partial charge in [-0.1, -0.05) is 0 Å². The molecule has 0 bridgehead atoms. The molecule has 1 atom stereocenters. The summed E-state index contributed by atoms with van der Waals surface area (Å²) in [5.74, 6) is 0.472. The van der Waals surface area contributed by atoms with Crippen LogP contribution in [0, 0.1) is 5.82 Å². The summed E-state index contributed by atoms with van der Waals surface area (Å²) in [6, 6.07) is 4.58. The fourth-order valence-corrected chi connectivity index (χ4v) is 2.32. The third-order valence-electron chi connectivity index (χ3n) is 3.24. The van der Waals surface area contributed by atoms with Crippen LogP contribution in [0.15, 0.2) is 18.2 Å². The van der Waals surface area contributed by atoms with Gasteiger partial charge in [0.15, 0.2) is 0 Å². The summed E-state index contributed by atoms with van der Waals surface area (Å²) in [4.78, 5) is 6.54. The van der Waals surface area contributed by atoms with Crippen LogP contribution < -0.4 is 0 Å². The maximum atomic E-state index is 13.4. The van der Waals surface area contributed by atoms with Gasteiger partial charge in [0.2, 0.25) is 0 Å². The van der Waals surface area contributed by atoms with Crippen LogP contribution in [0.5, 0.6) is 0 Å². The zero-order valence-electron chi connectivity index (χ0n) is 12.6. The first-order valence-corrected chi connectivity index (χ1v) is 7.45. The third kappa shape index (κ3) is 4.15. The van der Waals surface area contributed by atoms with E-state index in [1.54, 1.807) is 6.07 Å². The van der Waals surface area contributed by atoms with Crippen molar-refractivity contribution in [1.29, 1.82) is 0 Å². The Morgan fingerprint density at radius 2 is 2.14 bits per heavy atom. The van der Waals surface area contributed by atoms with E-state index in [2.05, 4.69) is 9.88 Å². The Morgan fingerprint density at radius 3 is 2.81 bits per heavy atom. The van der Waals surface area contributed by atoms with Crippen LogP contribution in [0.2, 0.25) is 0 Å². The normalized spacial score (nSPS) is 13.2. The lowest BCUT2D eigenvalue weighted by atomic mass is 10.3. The number of alkyl halides is 1. The lowest BCUT2D eigenvalue weighted by Gasteiger charge is -2.12. The molecule has 0 saturated carbocycles. The summed E-state index contributed by atoms with van der Waals surface area (Å²) < 4.78 is 21.0. The molecule has 21 heavy (non-hydrogen) atoms. The van der Waals surface area contributed by atoms with Crippen LogP contribution in [0.1, 0.15) is 18.1 Å². The van der Waals surface area contributed by atoms with E-state index in [1.807, 2.05) is 25.6 Å². The molecule has 4 nitrogen and oxygen atoms in total. The Bertz CT molecular complexity index is 598. The van der Waals surface area contributed by atoms with E-state index >= 15 is 0 Å². The molecule has 6 heteroatoms. The molecule has 0 amide bonds. The number of nitrogens with zero attached hydrogens (tertiary/aromatic N) is 3. The molecule has 116 valence electrons. The number of ether oxygens (including phenoxy) is 1. The van der Waals surface area contributed by atoms with Gasteiger partial charge in [0.05, 0.1) is 29.6 Å². The number of halogens is 2. The van der Waals surface area contributed by atoms with Crippen molar-refractivity contribution in [1.82, 2.24) is 14.5 Å². The van der Waals surface area contributed by atoms with Gasteiger partial charge in [0.1, 0.15) is 11.6 Å². The van der Waals surface area contributed by atoms with Gasteiger partial charge in [-0.05, 0) is 39.2 Å². The first-order chi connectivity index (χ1) is 9.99. The monoisotopic (exact) mass is 313 g/mol. The van der Waals surface area contributed by atoms with Crippen LogP contribution in [0.4, 0.5) is 4.39 Å². The molecule has 0 aliphatic carbocycles. The highest BCUT2D eigenvalue weighted by molar-refractivity contribution is 6.20. The first-order valence-electron chi connectivity index (χ1n) is 7.01. The number of hydrogen-bond donors (Lipinski definition) is 0. The summed E-state index contributed by atoms with van der Waals surface area (Å²) in [6.07, 6.45) is 0. The molecule has 0 N–H and O–H groups in total. The fraction of sp³-hybridized carbons (Fsp3) is 0.533. The standard InChI is InChI=1S/C15H21ClFN3O/c1-11(16)15-18-13-5-4-12(17)10-14(13)20(15)7-9-21-8-6-19(2)3/h4-5,10-11H,6-9H2,1-3H3. The van der Waals surface area contributed by atoms with E-state index < -0.39 is 0 Å². The zero-order valence-corrected chi connectivity index (χ0v) is 13.4. The Hall–Kier alpha value is -1.17. The van der Waals surface area contributed by atoms with Gasteiger partial charge in [-0.15, -0.1) is 11.6 Å². The van der Waals surface area contributed by atoms with Crippen molar-refractivity contribution in [2.24, 2.45) is 0 Å². The highest BCUT2D eigenvalue weighted by atomic mass is 35.5. The van der Waals surface area contributed by atoms with Gasteiger partial charge in [-0.3, -0.25) is 0 Å². The second kappa shape index (κ2) is 7.20. The fourth-order valence-electron chi connectivity index (χ4n) is 2.16. The molecule has 2 rings (SSSR count). The Balaban J connectivity index is 2.12. The van der Waals surface area contributed by atoms with Crippen LogP contribution in [-0.2, 0) is 11.3 Å². The first kappa shape index (κ1) is 16.2. The second-order valence-electron chi connectivity index (χ2n) is 5.29. The van der Waals surface area contributed by atoms with Crippen molar-refractivity contribution in [2.45, 2.75) is 18.8 Å². The Labute approximate surface area is 129 Å². The van der Waals surface area contributed by atoms with Gasteiger partial charge < -0.3 is 14.2 Å². The van der Waals surface area contributed by atoms with E-state index in [0.717, 1.165) is 23.4 Å². The maximum absolute atomic E-state index is 13.4. The summed E-state index contributed by atoms with van der Waals surface area (Å²) >= 11 is 6.18. The average molecular weight is 314 g/mol. The summed E-state index contributed by atoms with van der Waals surface area (Å²) in [7, 11) is 4.01. The van der Waals surface area contributed by atoms with Crippen molar-refractivity contribution < 1.29 is 9.13 Å². The van der Waals surface area contributed by atoms with Crippen molar-refractivity contribution in [2.75, 3.05) is 33.9 Å². The number of hydrogen-bond acceptors (Lipinski definition) is 3. The molecule has 1 aromatic carbocycles. The van der Waals surface area contributed by atoms with E-state index in [0.29, 0.717) is 19.8 Å². The minimum absolute atomic E-state index is 0.234. The number of fused-ring (bicyclic) bond motifs is 1. The lowest BCUT2D eigenvalue weighted by Crippen LogP contribution is -2.19. The van der Waals surface area contributed by atoms with Gasteiger partial charge in [0.25, 0.3) is 0 Å². The number of likely N-dealkylation sites (N-methyl/N-ethyl adjacent to an activating group) is 1. The zero-order chi connectivity index (χ0) is 15.4. The molecule has 0 aliphatic rings. The van der Waals surface area contributed by atoms with Crippen LogP contribution in [0.25, 0.3) is 11.0 Å². The number of aromatic nitrogens is 2. The predicted octanol–water partition coefficient (Wildman–Crippen LogP) is 3.05. The van der Waals surface area contributed by atoms with E-state index in [9.17, 15) is 4.39 Å². The van der Waals surface area contributed by atoms with Gasteiger partial charge in [0, 0.05) is 13.1 Å². The number of imidazole rings is 1. The molecular formula is C15H21ClFN3O. The van der Waals surface area contributed by atoms with Gasteiger partial charge in [-0.2, -0.15) is 0 Å². The maximum Gasteiger partial charge on any atom is 0.127 e. The topological polar surface area (TPSA) is 30.3 Å². The predicted molar refractivity (Wildman–Crippen MR) is 83.3 cm³/mol. The van der Waals surface area contributed by atoms with E-state index in [-0.39, 0.29) is 11.2 Å². The highest BCUT2D eigenvalue weighted by Crippen LogP contribution is 2.25. The molecule has 0 fully saturated rings. The molecular weight excluding hydrogens is 293 g/mol. The lowest BCUT2D eigenvalue weighted by molar-refractivity contribution is 0.111.